The molecule has 73 heavy (non-hydrogen) atoms. The number of hydrogen-bond acceptors (Lipinski definition) is 5. The van der Waals surface area contributed by atoms with Gasteiger partial charge in [0.1, 0.15) is 6.07 Å². The van der Waals surface area contributed by atoms with Gasteiger partial charge in [0.2, 0.25) is 0 Å². The molecular weight excluding hydrogens is 887 g/mol. The summed E-state index contributed by atoms with van der Waals surface area (Å²) in [4.78, 5) is 0. The molecule has 8 aromatic rings. The van der Waals surface area contributed by atoms with Gasteiger partial charge in [0.05, 0.1) is 23.8 Å². The van der Waals surface area contributed by atoms with Crippen LogP contribution in [0, 0.1) is 45.3 Å². The van der Waals surface area contributed by atoms with Gasteiger partial charge in [0.15, 0.2) is 0 Å². The predicted octanol–water partition coefficient (Wildman–Crippen LogP) is 18.5. The van der Waals surface area contributed by atoms with Crippen LogP contribution < -0.4 is 5.73 Å². The molecule has 0 aromatic heterocycles. The molecule has 0 heterocycles. The lowest BCUT2D eigenvalue weighted by Gasteiger charge is -2.22. The molecule has 0 atom stereocenters. The maximum absolute atomic E-state index is 9.54. The van der Waals surface area contributed by atoms with E-state index in [4.69, 9.17) is 5.73 Å². The highest BCUT2D eigenvalue weighted by Gasteiger charge is 2.21. The molecule has 0 amide bonds. The van der Waals surface area contributed by atoms with Crippen LogP contribution in [0.2, 0.25) is 0 Å². The molecule has 5 heteroatoms. The fourth-order valence-electron chi connectivity index (χ4n) is 9.16. The number of nitriles is 4. The molecular formula is C68H59N5. The normalized spacial score (nSPS) is 11.9. The van der Waals surface area contributed by atoms with Crippen molar-refractivity contribution in [1.82, 2.24) is 0 Å². The minimum atomic E-state index is 0.396. The maximum Gasteiger partial charge on any atom is 0.101 e. The van der Waals surface area contributed by atoms with Gasteiger partial charge in [-0.3, -0.25) is 0 Å². The molecule has 0 aliphatic rings. The molecule has 0 fully saturated rings. The lowest BCUT2D eigenvalue weighted by molar-refractivity contribution is 1.45. The molecule has 0 radical (unpaired) electrons. The lowest BCUT2D eigenvalue weighted by Crippen LogP contribution is -1.95. The summed E-state index contributed by atoms with van der Waals surface area (Å²) < 4.78 is 0. The van der Waals surface area contributed by atoms with Crippen LogP contribution in [-0.4, -0.2) is 0 Å². The third kappa shape index (κ3) is 11.3. The Bertz CT molecular complexity index is 3640. The average Bonchev–Trinajstić information content (AvgIpc) is 3.44. The topological polar surface area (TPSA) is 121 Å². The Kier molecular flexibility index (Phi) is 17.3. The third-order valence-electron chi connectivity index (χ3n) is 12.8. The summed E-state index contributed by atoms with van der Waals surface area (Å²) in [5, 5.41) is 44.5. The van der Waals surface area contributed by atoms with E-state index in [1.165, 1.54) is 6.20 Å². The largest absolute Gasteiger partial charge is 0.404 e. The standard InChI is InChI=1S/C64H47N5.2C2H6/c1-39(34-65)28-42(4)47-8-16-51(17-9-47)59-32-60(52-18-10-48(11-19-52)43(5)29-40(2)35-66)56-26-27-58-62(54-22-14-50(15-23-54)45(7)31-46(37-68)38-69)33-61(57-25-24-55(59)63(56)64(57)58)53-20-12-49(13-21-53)44(6)30-41(3)36-67;2*1-2/h8-33,37H,1-3,68H2,4-7H3;2*1-2H3/b42-28+,43-29+,44-30+,45-31+,46-37+;;. The van der Waals surface area contributed by atoms with Crippen LogP contribution in [0.4, 0.5) is 0 Å². The summed E-state index contributed by atoms with van der Waals surface area (Å²) in [6.45, 7) is 27.5. The number of nitrogens with two attached hydrogens (primary N) is 1. The average molecular weight is 946 g/mol. The molecule has 0 saturated carbocycles. The molecule has 8 rings (SSSR count). The third-order valence-corrected chi connectivity index (χ3v) is 12.8. The zero-order valence-electron chi connectivity index (χ0n) is 43.1. The summed E-state index contributed by atoms with van der Waals surface area (Å²) in [7, 11) is 0. The van der Waals surface area contributed by atoms with Crippen LogP contribution in [0.1, 0.15) is 77.6 Å². The second-order valence-corrected chi connectivity index (χ2v) is 17.3. The number of benzene rings is 8. The van der Waals surface area contributed by atoms with Crippen LogP contribution in [-0.2, 0) is 0 Å². The van der Waals surface area contributed by atoms with E-state index in [1.54, 1.807) is 12.2 Å². The van der Waals surface area contributed by atoms with Gasteiger partial charge in [0, 0.05) is 22.9 Å². The smallest absolute Gasteiger partial charge is 0.101 e. The van der Waals surface area contributed by atoms with E-state index in [-0.39, 0.29) is 0 Å². The first-order valence-electron chi connectivity index (χ1n) is 24.4. The molecule has 0 bridgehead atoms. The second-order valence-electron chi connectivity index (χ2n) is 17.3. The van der Waals surface area contributed by atoms with Crippen LogP contribution in [0.25, 0.3) is 99.1 Å². The maximum atomic E-state index is 9.54. The number of rotatable bonds is 12. The molecule has 0 saturated heterocycles. The van der Waals surface area contributed by atoms with Crippen LogP contribution in [0.5, 0.6) is 0 Å². The molecule has 0 aliphatic heterocycles. The van der Waals surface area contributed by atoms with Crippen LogP contribution in [0.15, 0.2) is 206 Å². The SMILES string of the molecule is C=C(C#N)/C=C(\C)c1ccc(-c2cc(-c3ccc(/C(C)=C/C(=C)C#N)cc3)c3ccc4c(-c5ccc(/C(C)=C/C(C#N)=C\N)cc5)cc(-c5ccc(/C(C)=C/C(=C)C#N)cc5)c5ccc2c3c54)cc1.CC.CC. The minimum Gasteiger partial charge on any atom is -0.404 e. The molecule has 5 nitrogen and oxygen atoms in total. The molecule has 0 aliphatic carbocycles. The zero-order chi connectivity index (χ0) is 52.9. The Morgan fingerprint density at radius 1 is 0.370 bits per heavy atom. The number of allylic oxidation sites excluding steroid dienone is 12. The van der Waals surface area contributed by atoms with Crippen molar-refractivity contribution in [3.63, 3.8) is 0 Å². The summed E-state index contributed by atoms with van der Waals surface area (Å²) in [6.07, 6.45) is 8.54. The van der Waals surface area contributed by atoms with Gasteiger partial charge < -0.3 is 5.73 Å². The number of nitrogens with zero attached hydrogens (tertiary/aromatic N) is 4. The van der Waals surface area contributed by atoms with Crippen molar-refractivity contribution in [1.29, 1.82) is 21.0 Å². The van der Waals surface area contributed by atoms with Crippen molar-refractivity contribution in [2.45, 2.75) is 55.4 Å². The van der Waals surface area contributed by atoms with Gasteiger partial charge in [-0.2, -0.15) is 21.0 Å². The van der Waals surface area contributed by atoms with Gasteiger partial charge in [-0.25, -0.2) is 0 Å². The Labute approximate surface area is 431 Å². The van der Waals surface area contributed by atoms with Crippen molar-refractivity contribution in [2.75, 3.05) is 0 Å². The van der Waals surface area contributed by atoms with Crippen molar-refractivity contribution in [3.8, 4) is 68.8 Å². The quantitative estimate of drug-likeness (QED) is 0.0743. The summed E-state index contributed by atoms with van der Waals surface area (Å²) in [5.74, 6) is 0. The Balaban J connectivity index is 0.00000212. The van der Waals surface area contributed by atoms with E-state index in [1.807, 2.05) is 67.5 Å². The van der Waals surface area contributed by atoms with Crippen molar-refractivity contribution in [2.24, 2.45) is 5.73 Å². The van der Waals surface area contributed by atoms with Crippen LogP contribution >= 0.6 is 0 Å². The van der Waals surface area contributed by atoms with E-state index in [0.717, 1.165) is 121 Å². The summed E-state index contributed by atoms with van der Waals surface area (Å²) >= 11 is 0. The van der Waals surface area contributed by atoms with E-state index in [9.17, 15) is 21.0 Å². The van der Waals surface area contributed by atoms with Crippen molar-refractivity contribution in [3.05, 3.63) is 228 Å². The van der Waals surface area contributed by atoms with E-state index in [0.29, 0.717) is 22.3 Å². The van der Waals surface area contributed by atoms with E-state index < -0.39 is 0 Å². The highest BCUT2D eigenvalue weighted by molar-refractivity contribution is 6.32. The highest BCUT2D eigenvalue weighted by atomic mass is 14.5. The minimum absolute atomic E-state index is 0.396. The van der Waals surface area contributed by atoms with Gasteiger partial charge in [-0.15, -0.1) is 0 Å². The van der Waals surface area contributed by atoms with E-state index >= 15 is 0 Å². The van der Waals surface area contributed by atoms with Gasteiger partial charge in [-0.1, -0.05) is 169 Å². The Morgan fingerprint density at radius 3 is 0.808 bits per heavy atom. The monoisotopic (exact) mass is 945 g/mol. The summed E-state index contributed by atoms with van der Waals surface area (Å²) in [6, 6.07) is 56.1. The molecule has 0 unspecified atom stereocenters. The molecule has 0 spiro atoms. The number of hydrogen-bond donors (Lipinski definition) is 1. The fraction of sp³-hybridized carbons (Fsp3) is 0.118. The van der Waals surface area contributed by atoms with Gasteiger partial charge >= 0.3 is 0 Å². The zero-order valence-corrected chi connectivity index (χ0v) is 43.1. The first-order chi connectivity index (χ1) is 35.3. The predicted molar refractivity (Wildman–Crippen MR) is 311 cm³/mol. The van der Waals surface area contributed by atoms with Gasteiger partial charge in [0.25, 0.3) is 0 Å². The lowest BCUT2D eigenvalue weighted by atomic mass is 9.81. The molecule has 356 valence electrons. The second kappa shape index (κ2) is 23.9. The van der Waals surface area contributed by atoms with Crippen molar-refractivity contribution >= 4 is 54.6 Å². The highest BCUT2D eigenvalue weighted by Crippen LogP contribution is 2.49. The molecule has 2 N–H and O–H groups in total. The Morgan fingerprint density at radius 2 is 0.603 bits per heavy atom. The first kappa shape index (κ1) is 52.8. The fourth-order valence-corrected chi connectivity index (χ4v) is 9.16. The van der Waals surface area contributed by atoms with Crippen molar-refractivity contribution < 1.29 is 0 Å². The van der Waals surface area contributed by atoms with Crippen LogP contribution in [0.3, 0.4) is 0 Å². The Hall–Kier alpha value is -9.52. The molecule has 8 aromatic carbocycles. The summed E-state index contributed by atoms with van der Waals surface area (Å²) in [5.41, 5.74) is 23.6. The van der Waals surface area contributed by atoms with E-state index in [2.05, 4.69) is 177 Å². The van der Waals surface area contributed by atoms with Gasteiger partial charge in [-0.05, 0) is 186 Å². The first-order valence-corrected chi connectivity index (χ1v) is 24.4.